The van der Waals surface area contributed by atoms with Crippen molar-refractivity contribution in [1.29, 1.82) is 0 Å². The van der Waals surface area contributed by atoms with E-state index in [0.29, 0.717) is 12.9 Å². The first kappa shape index (κ1) is 5.76. The molecule has 1 heterocycles. The molecule has 46 valence electrons. The molecule has 1 unspecified atom stereocenters. The number of hydrogen-bond donors (Lipinski definition) is 0. The summed E-state index contributed by atoms with van der Waals surface area (Å²) < 4.78 is 16.7. The smallest absolute Gasteiger partial charge is 0.0882 e. The van der Waals surface area contributed by atoms with E-state index in [9.17, 15) is 4.39 Å². The van der Waals surface area contributed by atoms with E-state index in [0.717, 1.165) is 12.0 Å². The first-order valence-corrected chi connectivity index (χ1v) is 2.72. The second-order valence-electron chi connectivity index (χ2n) is 2.09. The van der Waals surface area contributed by atoms with Crippen LogP contribution < -0.4 is 0 Å². The lowest BCUT2D eigenvalue weighted by molar-refractivity contribution is 0.128. The summed E-state index contributed by atoms with van der Waals surface area (Å²) in [4.78, 5) is 0. The summed E-state index contributed by atoms with van der Waals surface area (Å²) in [6, 6.07) is 0. The fourth-order valence-corrected chi connectivity index (χ4v) is 0.812. The molecule has 0 aromatic carbocycles. The maximum Gasteiger partial charge on any atom is 0.0882 e. The fourth-order valence-electron chi connectivity index (χ4n) is 0.812. The Morgan fingerprint density at radius 2 is 2.62 bits per heavy atom. The van der Waals surface area contributed by atoms with Crippen molar-refractivity contribution in [3.05, 3.63) is 11.9 Å². The van der Waals surface area contributed by atoms with Gasteiger partial charge < -0.3 is 4.74 Å². The van der Waals surface area contributed by atoms with Gasteiger partial charge in [0, 0.05) is 0 Å². The van der Waals surface area contributed by atoms with Gasteiger partial charge in [-0.25, -0.2) is 4.39 Å². The highest BCUT2D eigenvalue weighted by Crippen LogP contribution is 2.17. The first-order chi connectivity index (χ1) is 3.83. The Morgan fingerprint density at radius 3 is 2.88 bits per heavy atom. The molecule has 1 fully saturated rings. The minimum Gasteiger partial charge on any atom is -0.374 e. The van der Waals surface area contributed by atoms with Crippen LogP contribution in [0.2, 0.25) is 0 Å². The van der Waals surface area contributed by atoms with Crippen LogP contribution in [-0.4, -0.2) is 12.7 Å². The molecule has 1 atom stereocenters. The molecular formula is C6H9FO. The van der Waals surface area contributed by atoms with E-state index in [1.54, 1.807) is 0 Å². The summed E-state index contributed by atoms with van der Waals surface area (Å²) >= 11 is 0. The second kappa shape index (κ2) is 2.27. The summed E-state index contributed by atoms with van der Waals surface area (Å²) in [6.07, 6.45) is 1.62. The standard InChI is InChI=1S/C6H9FO/c1-5-2-6(3-7)4-8-5/h3,5H,2,4H2,1H3/b6-3-. The molecule has 0 aromatic rings. The van der Waals surface area contributed by atoms with Crippen molar-refractivity contribution in [2.45, 2.75) is 19.4 Å². The highest BCUT2D eigenvalue weighted by atomic mass is 19.1. The monoisotopic (exact) mass is 116 g/mol. The highest BCUT2D eigenvalue weighted by Gasteiger charge is 2.14. The van der Waals surface area contributed by atoms with E-state index in [1.165, 1.54) is 0 Å². The maximum atomic E-state index is 11.6. The van der Waals surface area contributed by atoms with Crippen LogP contribution in [0.1, 0.15) is 13.3 Å². The Hall–Kier alpha value is -0.370. The summed E-state index contributed by atoms with van der Waals surface area (Å²) in [5, 5.41) is 0. The lowest BCUT2D eigenvalue weighted by atomic mass is 10.2. The third kappa shape index (κ3) is 1.07. The third-order valence-corrected chi connectivity index (χ3v) is 1.26. The quantitative estimate of drug-likeness (QED) is 0.467. The van der Waals surface area contributed by atoms with Crippen LogP contribution >= 0.6 is 0 Å². The Morgan fingerprint density at radius 1 is 1.88 bits per heavy atom. The van der Waals surface area contributed by atoms with E-state index in [2.05, 4.69) is 0 Å². The molecule has 1 saturated heterocycles. The molecule has 0 saturated carbocycles. The second-order valence-corrected chi connectivity index (χ2v) is 2.09. The Kier molecular flexibility index (Phi) is 1.63. The molecule has 0 aromatic heterocycles. The Bertz CT molecular complexity index is 109. The van der Waals surface area contributed by atoms with Gasteiger partial charge in [-0.3, -0.25) is 0 Å². The van der Waals surface area contributed by atoms with Crippen LogP contribution in [0.25, 0.3) is 0 Å². The van der Waals surface area contributed by atoms with Crippen molar-refractivity contribution in [2.75, 3.05) is 6.61 Å². The highest BCUT2D eigenvalue weighted by molar-refractivity contribution is 5.03. The number of ether oxygens (including phenoxy) is 1. The predicted molar refractivity (Wildman–Crippen MR) is 29.2 cm³/mol. The first-order valence-electron chi connectivity index (χ1n) is 2.72. The van der Waals surface area contributed by atoms with Crippen molar-refractivity contribution in [2.24, 2.45) is 0 Å². The van der Waals surface area contributed by atoms with Crippen molar-refractivity contribution in [3.63, 3.8) is 0 Å². The molecule has 0 spiro atoms. The van der Waals surface area contributed by atoms with Crippen molar-refractivity contribution >= 4 is 0 Å². The van der Waals surface area contributed by atoms with Crippen LogP contribution in [0, 0.1) is 0 Å². The van der Waals surface area contributed by atoms with Gasteiger partial charge in [-0.2, -0.15) is 0 Å². The molecule has 1 nitrogen and oxygen atoms in total. The molecule has 0 N–H and O–H groups in total. The molecule has 1 aliphatic heterocycles. The number of halogens is 1. The van der Waals surface area contributed by atoms with E-state index >= 15 is 0 Å². The maximum absolute atomic E-state index is 11.6. The van der Waals surface area contributed by atoms with Gasteiger partial charge in [-0.05, 0) is 18.9 Å². The van der Waals surface area contributed by atoms with Crippen molar-refractivity contribution in [1.82, 2.24) is 0 Å². The normalized spacial score (nSPS) is 34.2. The zero-order valence-electron chi connectivity index (χ0n) is 4.86. The number of hydrogen-bond acceptors (Lipinski definition) is 1. The average Bonchev–Trinajstić information content (AvgIpc) is 2.14. The molecule has 0 radical (unpaired) electrons. The van der Waals surface area contributed by atoms with Crippen LogP contribution in [0.3, 0.4) is 0 Å². The summed E-state index contributed by atoms with van der Waals surface area (Å²) in [6.45, 7) is 2.42. The average molecular weight is 116 g/mol. The molecule has 1 aliphatic rings. The minimum atomic E-state index is 0.219. The topological polar surface area (TPSA) is 9.23 Å². The van der Waals surface area contributed by atoms with Crippen LogP contribution in [0.5, 0.6) is 0 Å². The van der Waals surface area contributed by atoms with E-state index < -0.39 is 0 Å². The van der Waals surface area contributed by atoms with Crippen LogP contribution in [0.4, 0.5) is 4.39 Å². The SMILES string of the molecule is CC1C/C(=C/F)CO1. The largest absolute Gasteiger partial charge is 0.374 e. The molecule has 1 rings (SSSR count). The van der Waals surface area contributed by atoms with E-state index in [4.69, 9.17) is 4.74 Å². The lowest BCUT2D eigenvalue weighted by Gasteiger charge is -1.93. The van der Waals surface area contributed by atoms with Gasteiger partial charge in [0.2, 0.25) is 0 Å². The zero-order chi connectivity index (χ0) is 5.98. The summed E-state index contributed by atoms with van der Waals surface area (Å²) in [7, 11) is 0. The van der Waals surface area contributed by atoms with Gasteiger partial charge >= 0.3 is 0 Å². The Labute approximate surface area is 48.1 Å². The van der Waals surface area contributed by atoms with Gasteiger partial charge in [0.15, 0.2) is 0 Å². The molecule has 2 heteroatoms. The minimum absolute atomic E-state index is 0.219. The molecule has 0 bridgehead atoms. The van der Waals surface area contributed by atoms with Gasteiger partial charge in [0.05, 0.1) is 19.0 Å². The molecule has 8 heavy (non-hydrogen) atoms. The molecule has 0 aliphatic carbocycles. The lowest BCUT2D eigenvalue weighted by Crippen LogP contribution is -1.94. The molecule has 0 amide bonds. The number of rotatable bonds is 0. The molecular weight excluding hydrogens is 107 g/mol. The third-order valence-electron chi connectivity index (χ3n) is 1.26. The van der Waals surface area contributed by atoms with E-state index in [-0.39, 0.29) is 6.10 Å². The zero-order valence-corrected chi connectivity index (χ0v) is 4.86. The van der Waals surface area contributed by atoms with Crippen LogP contribution in [-0.2, 0) is 4.74 Å². The van der Waals surface area contributed by atoms with Crippen molar-refractivity contribution < 1.29 is 9.13 Å². The van der Waals surface area contributed by atoms with Gasteiger partial charge in [0.25, 0.3) is 0 Å². The van der Waals surface area contributed by atoms with Crippen LogP contribution in [0.15, 0.2) is 11.9 Å². The predicted octanol–water partition coefficient (Wildman–Crippen LogP) is 1.65. The summed E-state index contributed by atoms with van der Waals surface area (Å²) in [5.41, 5.74) is 0.775. The van der Waals surface area contributed by atoms with E-state index in [1.807, 2.05) is 6.92 Å². The summed E-state index contributed by atoms with van der Waals surface area (Å²) in [5.74, 6) is 0. The Balaban J connectivity index is 2.44. The van der Waals surface area contributed by atoms with Gasteiger partial charge in [-0.1, -0.05) is 0 Å². The van der Waals surface area contributed by atoms with Crippen molar-refractivity contribution in [3.8, 4) is 0 Å². The fraction of sp³-hybridized carbons (Fsp3) is 0.667. The van der Waals surface area contributed by atoms with Gasteiger partial charge in [-0.15, -0.1) is 0 Å². The van der Waals surface area contributed by atoms with Gasteiger partial charge in [0.1, 0.15) is 0 Å².